The van der Waals surface area contributed by atoms with Crippen LogP contribution in [0.5, 0.6) is 5.75 Å². The minimum absolute atomic E-state index is 0.0845. The van der Waals surface area contributed by atoms with Crippen LogP contribution in [0.1, 0.15) is 48.9 Å². The van der Waals surface area contributed by atoms with E-state index in [-0.39, 0.29) is 17.9 Å². The fraction of sp³-hybridized carbons (Fsp3) is 0.385. The molecule has 1 amide bonds. The van der Waals surface area contributed by atoms with Gasteiger partial charge in [-0.05, 0) is 69.5 Å². The number of hydrogen-bond donors (Lipinski definition) is 1. The Bertz CT molecular complexity index is 1380. The molecule has 0 bridgehead atoms. The maximum atomic E-state index is 14.2. The number of primary amides is 1. The van der Waals surface area contributed by atoms with E-state index in [2.05, 4.69) is 0 Å². The van der Waals surface area contributed by atoms with Crippen LogP contribution in [-0.2, 0) is 25.0 Å². The Labute approximate surface area is 199 Å². The molecule has 2 unspecified atom stereocenters. The van der Waals surface area contributed by atoms with Gasteiger partial charge >= 0.3 is 0 Å². The molecule has 2 N–H and O–H groups in total. The van der Waals surface area contributed by atoms with Crippen LogP contribution in [0.4, 0.5) is 0 Å². The quantitative estimate of drug-likeness (QED) is 0.552. The average Bonchev–Trinajstić information content (AvgIpc) is 3.56. The van der Waals surface area contributed by atoms with Crippen molar-refractivity contribution in [3.63, 3.8) is 0 Å². The van der Waals surface area contributed by atoms with E-state index in [1.165, 1.54) is 0 Å². The lowest BCUT2D eigenvalue weighted by Gasteiger charge is -2.33. The number of fused-ring (bicyclic) bond motifs is 1. The van der Waals surface area contributed by atoms with E-state index in [0.717, 1.165) is 24.1 Å². The van der Waals surface area contributed by atoms with E-state index in [0.29, 0.717) is 34.7 Å². The molecule has 3 aromatic rings. The first-order chi connectivity index (χ1) is 16.3. The molecule has 0 radical (unpaired) electrons. The van der Waals surface area contributed by atoms with Gasteiger partial charge in [-0.1, -0.05) is 17.7 Å². The molecule has 0 spiro atoms. The molecule has 1 saturated carbocycles. The van der Waals surface area contributed by atoms with Crippen LogP contribution < -0.4 is 10.5 Å². The summed E-state index contributed by atoms with van der Waals surface area (Å²) in [7, 11) is -4.05. The summed E-state index contributed by atoms with van der Waals surface area (Å²) in [5.41, 5.74) is 6.86. The molecule has 2 aliphatic rings. The molecule has 178 valence electrons. The summed E-state index contributed by atoms with van der Waals surface area (Å²) in [5, 5.41) is -0.668. The lowest BCUT2D eigenvalue weighted by Crippen LogP contribution is -2.51. The molecular formula is C26H28N2O5S. The maximum absolute atomic E-state index is 14.2. The molecule has 2 aromatic carbocycles. The van der Waals surface area contributed by atoms with Gasteiger partial charge in [0.05, 0.1) is 17.0 Å². The Morgan fingerprint density at radius 3 is 2.68 bits per heavy atom. The summed E-state index contributed by atoms with van der Waals surface area (Å²) in [6, 6.07) is 14.1. The van der Waals surface area contributed by atoms with Crippen LogP contribution in [0, 0.1) is 6.92 Å². The van der Waals surface area contributed by atoms with Crippen molar-refractivity contribution in [3.8, 4) is 5.75 Å². The Hall–Kier alpha value is -2.97. The van der Waals surface area contributed by atoms with Gasteiger partial charge in [0.2, 0.25) is 0 Å². The van der Waals surface area contributed by atoms with Crippen molar-refractivity contribution < 1.29 is 22.7 Å². The van der Waals surface area contributed by atoms with Crippen molar-refractivity contribution in [1.29, 1.82) is 0 Å². The molecule has 2 heterocycles. The Morgan fingerprint density at radius 2 is 1.97 bits per heavy atom. The highest BCUT2D eigenvalue weighted by molar-refractivity contribution is 7.92. The molecular weight excluding hydrogens is 452 g/mol. The van der Waals surface area contributed by atoms with Gasteiger partial charge in [0.25, 0.3) is 5.91 Å². The third-order valence-electron chi connectivity index (χ3n) is 6.75. The number of sulfone groups is 1. The highest BCUT2D eigenvalue weighted by Gasteiger charge is 2.58. The van der Waals surface area contributed by atoms with Crippen molar-refractivity contribution in [2.75, 3.05) is 13.2 Å². The van der Waals surface area contributed by atoms with Gasteiger partial charge in [-0.25, -0.2) is 8.42 Å². The van der Waals surface area contributed by atoms with Crippen LogP contribution in [0.2, 0.25) is 0 Å². The van der Waals surface area contributed by atoms with E-state index in [9.17, 15) is 13.2 Å². The number of aromatic nitrogens is 1. The molecule has 8 heteroatoms. The van der Waals surface area contributed by atoms with Crippen molar-refractivity contribution in [1.82, 2.24) is 4.98 Å². The average molecular weight is 481 g/mol. The second-order valence-corrected chi connectivity index (χ2v) is 11.1. The smallest absolute Gasteiger partial charge is 0.255 e. The number of amides is 1. The van der Waals surface area contributed by atoms with Crippen LogP contribution in [0.25, 0.3) is 10.9 Å². The molecule has 2 fully saturated rings. The van der Waals surface area contributed by atoms with Crippen molar-refractivity contribution in [2.45, 2.75) is 54.8 Å². The lowest BCUT2D eigenvalue weighted by molar-refractivity contribution is -0.138. The Balaban J connectivity index is 1.68. The summed E-state index contributed by atoms with van der Waals surface area (Å²) in [5.74, 6) is -0.00381. The number of pyridine rings is 1. The van der Waals surface area contributed by atoms with E-state index in [4.69, 9.17) is 20.2 Å². The second-order valence-electron chi connectivity index (χ2n) is 9.04. The van der Waals surface area contributed by atoms with E-state index in [1.54, 1.807) is 24.3 Å². The van der Waals surface area contributed by atoms with Crippen LogP contribution in [0.3, 0.4) is 0 Å². The SMILES string of the molecule is CCOc1ccc(C)cc1C1(C(N)=O)OCCC1S(=O)(=O)c1cccc2nc(C3CC3)ccc12. The Kier molecular flexibility index (Phi) is 5.61. The predicted octanol–water partition coefficient (Wildman–Crippen LogP) is 3.76. The fourth-order valence-electron chi connectivity index (χ4n) is 4.98. The summed E-state index contributed by atoms with van der Waals surface area (Å²) >= 11 is 0. The van der Waals surface area contributed by atoms with Crippen LogP contribution >= 0.6 is 0 Å². The first-order valence-electron chi connectivity index (χ1n) is 11.6. The summed E-state index contributed by atoms with van der Waals surface area (Å²) in [6.07, 6.45) is 2.35. The van der Waals surface area contributed by atoms with Gasteiger partial charge in [0, 0.05) is 29.2 Å². The molecule has 2 atom stereocenters. The highest BCUT2D eigenvalue weighted by Crippen LogP contribution is 2.47. The molecule has 1 aliphatic carbocycles. The Morgan fingerprint density at radius 1 is 1.18 bits per heavy atom. The van der Waals surface area contributed by atoms with Gasteiger partial charge < -0.3 is 15.2 Å². The number of benzene rings is 2. The normalized spacial score (nSPS) is 22.7. The number of nitrogens with zero attached hydrogens (tertiary/aromatic N) is 1. The third kappa shape index (κ3) is 3.56. The largest absolute Gasteiger partial charge is 0.493 e. The summed E-state index contributed by atoms with van der Waals surface area (Å²) < 4.78 is 40.1. The number of nitrogens with two attached hydrogens (primary N) is 1. The molecule has 1 aliphatic heterocycles. The first kappa shape index (κ1) is 22.8. The number of aryl methyl sites for hydroxylation is 1. The number of carbonyl (C=O) groups excluding carboxylic acids is 1. The summed E-state index contributed by atoms with van der Waals surface area (Å²) in [4.78, 5) is 17.9. The number of ether oxygens (including phenoxy) is 2. The topological polar surface area (TPSA) is 109 Å². The van der Waals surface area contributed by atoms with Gasteiger partial charge in [0.1, 0.15) is 11.0 Å². The summed E-state index contributed by atoms with van der Waals surface area (Å²) in [6.45, 7) is 4.12. The first-order valence-corrected chi connectivity index (χ1v) is 13.1. The lowest BCUT2D eigenvalue weighted by atomic mass is 9.87. The number of rotatable bonds is 7. The molecule has 7 nitrogen and oxygen atoms in total. The van der Waals surface area contributed by atoms with E-state index >= 15 is 0 Å². The van der Waals surface area contributed by atoms with E-state index < -0.39 is 26.6 Å². The number of hydrogen-bond acceptors (Lipinski definition) is 6. The highest BCUT2D eigenvalue weighted by atomic mass is 32.2. The second kappa shape index (κ2) is 8.36. The molecule has 34 heavy (non-hydrogen) atoms. The maximum Gasteiger partial charge on any atom is 0.255 e. The van der Waals surface area contributed by atoms with Crippen molar-refractivity contribution >= 4 is 26.6 Å². The minimum atomic E-state index is -4.05. The van der Waals surface area contributed by atoms with E-state index in [1.807, 2.05) is 38.1 Å². The van der Waals surface area contributed by atoms with Crippen LogP contribution in [-0.4, -0.2) is 37.8 Å². The van der Waals surface area contributed by atoms with Crippen molar-refractivity contribution in [2.24, 2.45) is 5.73 Å². The zero-order valence-electron chi connectivity index (χ0n) is 19.3. The molecule has 1 saturated heterocycles. The van der Waals surface area contributed by atoms with Gasteiger partial charge in [-0.15, -0.1) is 0 Å². The fourth-order valence-corrected chi connectivity index (χ4v) is 7.18. The third-order valence-corrected chi connectivity index (χ3v) is 9.04. The van der Waals surface area contributed by atoms with Crippen LogP contribution in [0.15, 0.2) is 53.4 Å². The zero-order valence-corrected chi connectivity index (χ0v) is 20.1. The predicted molar refractivity (Wildman–Crippen MR) is 128 cm³/mol. The minimum Gasteiger partial charge on any atom is -0.493 e. The standard InChI is InChI=1S/C26H28N2O5S/c1-3-32-22-12-7-16(2)15-19(22)26(25(27)29)24(13-14-33-26)34(30,31)23-6-4-5-21-18(23)10-11-20(28-21)17-8-9-17/h4-7,10-12,15,17,24H,3,8-9,13-14H2,1-2H3,(H2,27,29). The van der Waals surface area contributed by atoms with Gasteiger partial charge in [0.15, 0.2) is 15.4 Å². The van der Waals surface area contributed by atoms with Gasteiger partial charge in [-0.3, -0.25) is 9.78 Å². The monoisotopic (exact) mass is 480 g/mol. The number of carbonyl (C=O) groups is 1. The van der Waals surface area contributed by atoms with Gasteiger partial charge in [-0.2, -0.15) is 0 Å². The molecule has 1 aromatic heterocycles. The van der Waals surface area contributed by atoms with Crippen molar-refractivity contribution in [3.05, 3.63) is 65.4 Å². The molecule has 5 rings (SSSR count). The zero-order chi connectivity index (χ0) is 24.1.